The Balaban J connectivity index is 1.47. The molecule has 0 N–H and O–H groups in total. The number of aromatic nitrogens is 6. The molecule has 0 aliphatic rings. The van der Waals surface area contributed by atoms with Gasteiger partial charge in [0.1, 0.15) is 12.1 Å². The van der Waals surface area contributed by atoms with E-state index >= 15 is 0 Å². The van der Waals surface area contributed by atoms with Crippen LogP contribution in [0.5, 0.6) is 11.6 Å². The monoisotopic (exact) mass is 356 g/mol. The molecule has 3 heterocycles. The Bertz CT molecular complexity index is 1240. The quantitative estimate of drug-likeness (QED) is 0.487. The van der Waals surface area contributed by atoms with Gasteiger partial charge in [-0.25, -0.2) is 14.6 Å². The number of fused-ring (bicyclic) bond motifs is 2. The van der Waals surface area contributed by atoms with Crippen molar-refractivity contribution in [1.29, 1.82) is 0 Å². The van der Waals surface area contributed by atoms with E-state index in [0.29, 0.717) is 17.1 Å². The number of ether oxygens (including phenoxy) is 1. The maximum absolute atomic E-state index is 5.95. The zero-order valence-electron chi connectivity index (χ0n) is 14.6. The molecule has 7 nitrogen and oxygen atoms in total. The van der Waals surface area contributed by atoms with Crippen LogP contribution < -0.4 is 4.74 Å². The summed E-state index contributed by atoms with van der Waals surface area (Å²) >= 11 is 0. The van der Waals surface area contributed by atoms with Crippen LogP contribution in [0.3, 0.4) is 0 Å². The molecule has 0 fully saturated rings. The first-order valence-corrected chi connectivity index (χ1v) is 8.70. The van der Waals surface area contributed by atoms with Gasteiger partial charge in [0.2, 0.25) is 0 Å². The zero-order chi connectivity index (χ0) is 18.2. The Hall–Kier alpha value is -3.74. The van der Waals surface area contributed by atoms with E-state index < -0.39 is 0 Å². The molecule has 2 aromatic carbocycles. The van der Waals surface area contributed by atoms with E-state index in [0.717, 1.165) is 28.8 Å². The topological polar surface area (TPSA) is 70.7 Å². The fourth-order valence-corrected chi connectivity index (χ4v) is 3.11. The second-order valence-electron chi connectivity index (χ2n) is 6.09. The van der Waals surface area contributed by atoms with Crippen LogP contribution in [-0.2, 0) is 6.54 Å². The number of hydrogen-bond acceptors (Lipinski definition) is 5. The summed E-state index contributed by atoms with van der Waals surface area (Å²) in [5, 5.41) is 5.58. The lowest BCUT2D eigenvalue weighted by Gasteiger charge is -2.07. The minimum atomic E-state index is 0.449. The average molecular weight is 356 g/mol. The van der Waals surface area contributed by atoms with Gasteiger partial charge in [-0.15, -0.1) is 0 Å². The van der Waals surface area contributed by atoms with Gasteiger partial charge in [-0.05, 0) is 37.3 Å². The van der Waals surface area contributed by atoms with Crippen LogP contribution in [0.4, 0.5) is 0 Å². The number of nitrogens with zero attached hydrogens (tertiary/aromatic N) is 6. The number of aryl methyl sites for hydroxylation is 1. The number of imidazole rings is 1. The number of para-hydroxylation sites is 1. The molecule has 0 spiro atoms. The van der Waals surface area contributed by atoms with Crippen LogP contribution in [0.2, 0.25) is 0 Å². The molecule has 27 heavy (non-hydrogen) atoms. The van der Waals surface area contributed by atoms with E-state index in [1.807, 2.05) is 64.8 Å². The minimum Gasteiger partial charge on any atom is -0.437 e. The second kappa shape index (κ2) is 6.21. The Labute approximate surface area is 154 Å². The lowest BCUT2D eigenvalue weighted by atomic mass is 10.2. The summed E-state index contributed by atoms with van der Waals surface area (Å²) in [4.78, 5) is 12.9. The van der Waals surface area contributed by atoms with Gasteiger partial charge in [-0.1, -0.05) is 18.2 Å². The third kappa shape index (κ3) is 2.60. The van der Waals surface area contributed by atoms with Crippen LogP contribution in [-0.4, -0.2) is 29.3 Å². The van der Waals surface area contributed by atoms with Crippen molar-refractivity contribution in [2.24, 2.45) is 0 Å². The van der Waals surface area contributed by atoms with Gasteiger partial charge < -0.3 is 9.30 Å². The third-order valence-corrected chi connectivity index (χ3v) is 4.48. The lowest BCUT2D eigenvalue weighted by Crippen LogP contribution is -1.97. The van der Waals surface area contributed by atoms with E-state index in [1.54, 1.807) is 6.33 Å². The molecule has 7 heteroatoms. The Morgan fingerprint density at radius 1 is 0.963 bits per heavy atom. The first-order chi connectivity index (χ1) is 13.3. The van der Waals surface area contributed by atoms with Crippen LogP contribution >= 0.6 is 0 Å². The van der Waals surface area contributed by atoms with Crippen molar-refractivity contribution in [3.8, 4) is 17.3 Å². The summed E-state index contributed by atoms with van der Waals surface area (Å²) in [6, 6.07) is 15.9. The maximum Gasteiger partial charge on any atom is 0.250 e. The summed E-state index contributed by atoms with van der Waals surface area (Å²) in [5.74, 6) is 1.13. The standard InChI is InChI=1S/C20H16N6O/c1-2-25-13-23-18-19(25)21-12-22-20(18)27-16-9-7-15(8-10-16)26-17-6-4-3-5-14(17)11-24-26/h3-13H,2H2,1H3. The van der Waals surface area contributed by atoms with Gasteiger partial charge in [0, 0.05) is 11.9 Å². The summed E-state index contributed by atoms with van der Waals surface area (Å²) in [6.45, 7) is 2.83. The van der Waals surface area contributed by atoms with Gasteiger partial charge >= 0.3 is 0 Å². The smallest absolute Gasteiger partial charge is 0.250 e. The molecule has 0 saturated heterocycles. The highest BCUT2D eigenvalue weighted by atomic mass is 16.5. The van der Waals surface area contributed by atoms with Gasteiger partial charge in [-0.2, -0.15) is 10.1 Å². The molecule has 0 unspecified atom stereocenters. The summed E-state index contributed by atoms with van der Waals surface area (Å²) < 4.78 is 9.81. The van der Waals surface area contributed by atoms with Crippen LogP contribution in [0.1, 0.15) is 6.92 Å². The highest BCUT2D eigenvalue weighted by Gasteiger charge is 2.11. The van der Waals surface area contributed by atoms with E-state index in [-0.39, 0.29) is 0 Å². The van der Waals surface area contributed by atoms with Crippen molar-refractivity contribution in [3.63, 3.8) is 0 Å². The van der Waals surface area contributed by atoms with Gasteiger partial charge in [0.05, 0.1) is 23.7 Å². The van der Waals surface area contributed by atoms with Gasteiger partial charge in [-0.3, -0.25) is 0 Å². The number of hydrogen-bond donors (Lipinski definition) is 0. The predicted octanol–water partition coefficient (Wildman–Crippen LogP) is 3.98. The molecular weight excluding hydrogens is 340 g/mol. The first-order valence-electron chi connectivity index (χ1n) is 8.70. The van der Waals surface area contributed by atoms with Crippen LogP contribution in [0.15, 0.2) is 67.4 Å². The molecule has 3 aromatic heterocycles. The van der Waals surface area contributed by atoms with Gasteiger partial charge in [0.15, 0.2) is 11.2 Å². The van der Waals surface area contributed by atoms with E-state index in [2.05, 4.69) is 26.1 Å². The van der Waals surface area contributed by atoms with Crippen LogP contribution in [0, 0.1) is 0 Å². The Kier molecular flexibility index (Phi) is 3.57. The van der Waals surface area contributed by atoms with Crippen molar-refractivity contribution in [1.82, 2.24) is 29.3 Å². The van der Waals surface area contributed by atoms with E-state index in [4.69, 9.17) is 4.74 Å². The van der Waals surface area contributed by atoms with Crippen molar-refractivity contribution in [2.45, 2.75) is 13.5 Å². The first kappa shape index (κ1) is 15.5. The fraction of sp³-hybridized carbons (Fsp3) is 0.100. The molecular formula is C20H16N6O. The maximum atomic E-state index is 5.95. The van der Waals surface area contributed by atoms with E-state index in [9.17, 15) is 0 Å². The molecule has 0 atom stereocenters. The van der Waals surface area contributed by atoms with Crippen molar-refractivity contribution >= 4 is 22.1 Å². The number of rotatable bonds is 4. The molecule has 5 rings (SSSR count). The molecule has 132 valence electrons. The van der Waals surface area contributed by atoms with Gasteiger partial charge in [0.25, 0.3) is 5.88 Å². The SMILES string of the molecule is CCn1cnc2c(Oc3ccc(-n4ncc5ccccc54)cc3)ncnc21. The minimum absolute atomic E-state index is 0.449. The molecule has 0 aliphatic heterocycles. The summed E-state index contributed by atoms with van der Waals surface area (Å²) in [6.07, 6.45) is 5.11. The highest BCUT2D eigenvalue weighted by molar-refractivity contribution is 5.80. The van der Waals surface area contributed by atoms with Crippen molar-refractivity contribution in [3.05, 3.63) is 67.4 Å². The Morgan fingerprint density at radius 2 is 1.81 bits per heavy atom. The zero-order valence-corrected chi connectivity index (χ0v) is 14.6. The van der Waals surface area contributed by atoms with Crippen LogP contribution in [0.25, 0.3) is 27.8 Å². The average Bonchev–Trinajstić information content (AvgIpc) is 3.33. The fourth-order valence-electron chi connectivity index (χ4n) is 3.11. The number of benzene rings is 2. The second-order valence-corrected chi connectivity index (χ2v) is 6.09. The summed E-state index contributed by atoms with van der Waals surface area (Å²) in [5.41, 5.74) is 3.45. The lowest BCUT2D eigenvalue weighted by molar-refractivity contribution is 0.467. The van der Waals surface area contributed by atoms with E-state index in [1.165, 1.54) is 6.33 Å². The van der Waals surface area contributed by atoms with Crippen molar-refractivity contribution < 1.29 is 4.74 Å². The highest BCUT2D eigenvalue weighted by Crippen LogP contribution is 2.27. The molecule has 0 radical (unpaired) electrons. The molecule has 0 aliphatic carbocycles. The predicted molar refractivity (Wildman–Crippen MR) is 102 cm³/mol. The molecule has 0 saturated carbocycles. The Morgan fingerprint density at radius 3 is 2.67 bits per heavy atom. The largest absolute Gasteiger partial charge is 0.437 e. The third-order valence-electron chi connectivity index (χ3n) is 4.48. The molecule has 0 bridgehead atoms. The van der Waals surface area contributed by atoms with Crippen molar-refractivity contribution in [2.75, 3.05) is 0 Å². The summed E-state index contributed by atoms with van der Waals surface area (Å²) in [7, 11) is 0. The normalized spacial score (nSPS) is 11.3. The molecule has 0 amide bonds. The molecule has 5 aromatic rings.